The van der Waals surface area contributed by atoms with Gasteiger partial charge in [-0.25, -0.2) is 0 Å². The molecular weight excluding hydrogens is 344 g/mol. The number of nitrogens with zero attached hydrogens (tertiary/aromatic N) is 2. The van der Waals surface area contributed by atoms with E-state index in [1.54, 1.807) is 16.9 Å². The predicted molar refractivity (Wildman–Crippen MR) is 103 cm³/mol. The minimum atomic E-state index is -0.169. The Morgan fingerprint density at radius 1 is 1.11 bits per heavy atom. The summed E-state index contributed by atoms with van der Waals surface area (Å²) in [5, 5.41) is 0. The number of carbonyl (C=O) groups is 2. The van der Waals surface area contributed by atoms with Crippen LogP contribution in [0.5, 0.6) is 5.75 Å². The van der Waals surface area contributed by atoms with Gasteiger partial charge in [0, 0.05) is 25.4 Å². The molecule has 0 N–H and O–H groups in total. The van der Waals surface area contributed by atoms with Gasteiger partial charge in [0.15, 0.2) is 0 Å². The van der Waals surface area contributed by atoms with Crippen molar-refractivity contribution in [3.05, 3.63) is 60.2 Å². The quantitative estimate of drug-likeness (QED) is 0.784. The summed E-state index contributed by atoms with van der Waals surface area (Å²) in [5.74, 6) is 0.409. The molecular formula is C21H24N2O4. The number of methoxy groups -OCH3 is 2. The first-order chi connectivity index (χ1) is 13.1. The third-order valence-electron chi connectivity index (χ3n) is 4.71. The minimum absolute atomic E-state index is 0.0300. The zero-order valence-corrected chi connectivity index (χ0v) is 15.6. The second-order valence-electron chi connectivity index (χ2n) is 6.50. The van der Waals surface area contributed by atoms with E-state index < -0.39 is 0 Å². The smallest absolute Gasteiger partial charge is 0.249 e. The zero-order valence-electron chi connectivity index (χ0n) is 15.6. The number of hydrogen-bond acceptors (Lipinski definition) is 4. The summed E-state index contributed by atoms with van der Waals surface area (Å²) in [6, 6.07) is 17.3. The molecule has 0 bridgehead atoms. The number of carbonyl (C=O) groups excluding carboxylic acids is 2. The maximum atomic E-state index is 12.8. The van der Waals surface area contributed by atoms with Crippen LogP contribution in [0.15, 0.2) is 54.6 Å². The standard InChI is InChI=1S/C21H24N2O4/c1-26-15-21(25)23-14-20(24)22(17-9-6-10-19(12-17)27-2)13-18(23)11-16-7-4-3-5-8-16/h3-10,12,18H,11,13-15H2,1-2H3/t18-/m1/s1. The number of rotatable bonds is 6. The third-order valence-corrected chi connectivity index (χ3v) is 4.71. The van der Waals surface area contributed by atoms with Crippen LogP contribution in [0.25, 0.3) is 0 Å². The van der Waals surface area contributed by atoms with Crippen LogP contribution in [0.2, 0.25) is 0 Å². The van der Waals surface area contributed by atoms with Gasteiger partial charge in [-0.2, -0.15) is 0 Å². The second kappa shape index (κ2) is 8.68. The monoisotopic (exact) mass is 368 g/mol. The van der Waals surface area contributed by atoms with E-state index in [9.17, 15) is 9.59 Å². The molecule has 1 atom stereocenters. The van der Waals surface area contributed by atoms with Crippen molar-refractivity contribution < 1.29 is 19.1 Å². The molecule has 1 fully saturated rings. The van der Waals surface area contributed by atoms with E-state index in [0.717, 1.165) is 11.3 Å². The average molecular weight is 368 g/mol. The molecule has 0 aromatic heterocycles. The highest BCUT2D eigenvalue weighted by Gasteiger charge is 2.35. The maximum Gasteiger partial charge on any atom is 0.249 e. The van der Waals surface area contributed by atoms with Gasteiger partial charge in [0.2, 0.25) is 11.8 Å². The largest absolute Gasteiger partial charge is 0.497 e. The predicted octanol–water partition coefficient (Wildman–Crippen LogP) is 2.13. The topological polar surface area (TPSA) is 59.1 Å². The number of piperazine rings is 1. The van der Waals surface area contributed by atoms with Gasteiger partial charge in [-0.1, -0.05) is 36.4 Å². The van der Waals surface area contributed by atoms with E-state index in [1.807, 2.05) is 54.6 Å². The summed E-state index contributed by atoms with van der Waals surface area (Å²) >= 11 is 0. The van der Waals surface area contributed by atoms with Crippen LogP contribution in [-0.2, 0) is 20.7 Å². The first-order valence-corrected chi connectivity index (χ1v) is 8.89. The molecule has 0 spiro atoms. The van der Waals surface area contributed by atoms with Crippen molar-refractivity contribution >= 4 is 17.5 Å². The van der Waals surface area contributed by atoms with Gasteiger partial charge in [0.25, 0.3) is 0 Å². The number of amides is 2. The molecule has 0 aliphatic carbocycles. The number of benzene rings is 2. The maximum absolute atomic E-state index is 12.8. The highest BCUT2D eigenvalue weighted by molar-refractivity contribution is 5.98. The van der Waals surface area contributed by atoms with Crippen LogP contribution in [0.4, 0.5) is 5.69 Å². The molecule has 6 heteroatoms. The number of hydrogen-bond donors (Lipinski definition) is 0. The Hall–Kier alpha value is -2.86. The van der Waals surface area contributed by atoms with Crippen molar-refractivity contribution in [3.8, 4) is 5.75 Å². The van der Waals surface area contributed by atoms with Crippen molar-refractivity contribution in [2.45, 2.75) is 12.5 Å². The van der Waals surface area contributed by atoms with Crippen molar-refractivity contribution in [2.24, 2.45) is 0 Å². The van der Waals surface area contributed by atoms with E-state index in [2.05, 4.69) is 0 Å². The molecule has 2 aromatic carbocycles. The Morgan fingerprint density at radius 2 is 1.89 bits per heavy atom. The fourth-order valence-corrected chi connectivity index (χ4v) is 3.36. The van der Waals surface area contributed by atoms with Gasteiger partial charge < -0.3 is 19.3 Å². The van der Waals surface area contributed by atoms with Crippen LogP contribution < -0.4 is 9.64 Å². The molecule has 1 aliphatic heterocycles. The van der Waals surface area contributed by atoms with Gasteiger partial charge in [-0.05, 0) is 24.1 Å². The summed E-state index contributed by atoms with van der Waals surface area (Å²) < 4.78 is 10.3. The van der Waals surface area contributed by atoms with Gasteiger partial charge in [0.05, 0.1) is 13.2 Å². The highest BCUT2D eigenvalue weighted by Crippen LogP contribution is 2.25. The SMILES string of the molecule is COCC(=O)N1CC(=O)N(c2cccc(OC)c2)C[C@H]1Cc1ccccc1. The van der Waals surface area contributed by atoms with Crippen molar-refractivity contribution in [1.82, 2.24) is 4.90 Å². The molecule has 27 heavy (non-hydrogen) atoms. The lowest BCUT2D eigenvalue weighted by molar-refractivity contribution is -0.142. The van der Waals surface area contributed by atoms with Crippen LogP contribution in [0, 0.1) is 0 Å². The van der Waals surface area contributed by atoms with Crippen molar-refractivity contribution in [1.29, 1.82) is 0 Å². The molecule has 142 valence electrons. The molecule has 1 aliphatic rings. The van der Waals surface area contributed by atoms with Crippen LogP contribution >= 0.6 is 0 Å². The first-order valence-electron chi connectivity index (χ1n) is 8.89. The summed E-state index contributed by atoms with van der Waals surface area (Å²) in [5.41, 5.74) is 1.90. The lowest BCUT2D eigenvalue weighted by Gasteiger charge is -2.41. The summed E-state index contributed by atoms with van der Waals surface area (Å²) in [4.78, 5) is 28.6. The molecule has 2 aromatic rings. The van der Waals surface area contributed by atoms with Crippen LogP contribution in [0.1, 0.15) is 5.56 Å². The zero-order chi connectivity index (χ0) is 19.2. The molecule has 3 rings (SSSR count). The fourth-order valence-electron chi connectivity index (χ4n) is 3.36. The lowest BCUT2D eigenvalue weighted by Crippen LogP contribution is -2.59. The van der Waals surface area contributed by atoms with Crippen molar-refractivity contribution in [3.63, 3.8) is 0 Å². The van der Waals surface area contributed by atoms with E-state index in [0.29, 0.717) is 18.7 Å². The Kier molecular flexibility index (Phi) is 6.08. The van der Waals surface area contributed by atoms with E-state index in [4.69, 9.17) is 9.47 Å². The fraction of sp³-hybridized carbons (Fsp3) is 0.333. The lowest BCUT2D eigenvalue weighted by atomic mass is 10.0. The Labute approximate surface area is 159 Å². The van der Waals surface area contributed by atoms with Gasteiger partial charge in [-0.15, -0.1) is 0 Å². The van der Waals surface area contributed by atoms with Crippen LogP contribution in [-0.4, -0.2) is 56.7 Å². The molecule has 6 nitrogen and oxygen atoms in total. The Balaban J connectivity index is 1.86. The average Bonchev–Trinajstić information content (AvgIpc) is 2.70. The van der Waals surface area contributed by atoms with Gasteiger partial charge >= 0.3 is 0 Å². The Bertz CT molecular complexity index is 794. The second-order valence-corrected chi connectivity index (χ2v) is 6.50. The van der Waals surface area contributed by atoms with Gasteiger partial charge in [0.1, 0.15) is 18.9 Å². The number of ether oxygens (including phenoxy) is 2. The van der Waals surface area contributed by atoms with Crippen LogP contribution in [0.3, 0.4) is 0 Å². The summed E-state index contributed by atoms with van der Waals surface area (Å²) in [6.45, 7) is 0.435. The number of anilines is 1. The summed E-state index contributed by atoms with van der Waals surface area (Å²) in [6.07, 6.45) is 0.671. The molecule has 1 saturated heterocycles. The molecule has 0 radical (unpaired) electrons. The third kappa shape index (κ3) is 4.46. The normalized spacial score (nSPS) is 17.1. The van der Waals surface area contributed by atoms with E-state index in [-0.39, 0.29) is 31.0 Å². The van der Waals surface area contributed by atoms with Gasteiger partial charge in [-0.3, -0.25) is 9.59 Å². The van der Waals surface area contributed by atoms with E-state index in [1.165, 1.54) is 7.11 Å². The highest BCUT2D eigenvalue weighted by atomic mass is 16.5. The minimum Gasteiger partial charge on any atom is -0.497 e. The van der Waals surface area contributed by atoms with Crippen molar-refractivity contribution in [2.75, 3.05) is 38.8 Å². The molecule has 0 saturated carbocycles. The molecule has 1 heterocycles. The Morgan fingerprint density at radius 3 is 2.59 bits per heavy atom. The first kappa shape index (κ1) is 18.9. The molecule has 0 unspecified atom stereocenters. The molecule has 2 amide bonds. The van der Waals surface area contributed by atoms with E-state index >= 15 is 0 Å². The summed E-state index contributed by atoms with van der Waals surface area (Å²) in [7, 11) is 3.08.